The topological polar surface area (TPSA) is 49.4 Å². The van der Waals surface area contributed by atoms with Crippen LogP contribution >= 0.6 is 23.4 Å². The van der Waals surface area contributed by atoms with E-state index in [1.807, 2.05) is 60.7 Å². The van der Waals surface area contributed by atoms with Crippen molar-refractivity contribution in [3.63, 3.8) is 0 Å². The average molecular weight is 529 g/mol. The molecule has 2 amide bonds. The first-order chi connectivity index (χ1) is 18.0. The first-order valence-corrected chi connectivity index (χ1v) is 12.8. The van der Waals surface area contributed by atoms with Crippen LogP contribution < -0.4 is 10.2 Å². The molecule has 4 nitrogen and oxygen atoms in total. The SMILES string of the molecule is O=C(NCc1ccccc1Cl)c1ccc2c(c1)N(Cc1ccc(F)cc1)C(=O)/C(=C/c1ccccc1)S2. The molecule has 1 N–H and O–H groups in total. The molecule has 1 heterocycles. The predicted molar refractivity (Wildman–Crippen MR) is 147 cm³/mol. The normalized spacial score (nSPS) is 13.9. The van der Waals surface area contributed by atoms with Gasteiger partial charge in [-0.1, -0.05) is 84.0 Å². The van der Waals surface area contributed by atoms with E-state index in [0.29, 0.717) is 21.2 Å². The molecule has 1 aliphatic rings. The van der Waals surface area contributed by atoms with E-state index in [0.717, 1.165) is 21.6 Å². The lowest BCUT2D eigenvalue weighted by molar-refractivity contribution is -0.114. The Bertz CT molecular complexity index is 1490. The Morgan fingerprint density at radius 2 is 1.68 bits per heavy atom. The molecule has 0 fully saturated rings. The molecule has 5 rings (SSSR count). The summed E-state index contributed by atoms with van der Waals surface area (Å²) >= 11 is 7.59. The highest BCUT2D eigenvalue weighted by Gasteiger charge is 2.30. The number of thioether (sulfide) groups is 1. The Morgan fingerprint density at radius 3 is 2.43 bits per heavy atom. The van der Waals surface area contributed by atoms with Gasteiger partial charge in [-0.2, -0.15) is 0 Å². The fourth-order valence-electron chi connectivity index (χ4n) is 4.00. The molecule has 4 aromatic rings. The van der Waals surface area contributed by atoms with Gasteiger partial charge in [0, 0.05) is 22.0 Å². The van der Waals surface area contributed by atoms with Gasteiger partial charge in [-0.05, 0) is 59.2 Å². The summed E-state index contributed by atoms with van der Waals surface area (Å²) in [6, 6.07) is 28.4. The minimum Gasteiger partial charge on any atom is -0.348 e. The van der Waals surface area contributed by atoms with Gasteiger partial charge in [-0.25, -0.2) is 4.39 Å². The van der Waals surface area contributed by atoms with Gasteiger partial charge in [0.25, 0.3) is 11.8 Å². The monoisotopic (exact) mass is 528 g/mol. The molecule has 4 aromatic carbocycles. The number of rotatable bonds is 6. The number of fused-ring (bicyclic) bond motifs is 1. The largest absolute Gasteiger partial charge is 0.348 e. The molecule has 184 valence electrons. The van der Waals surface area contributed by atoms with E-state index >= 15 is 0 Å². The number of nitrogens with zero attached hydrogens (tertiary/aromatic N) is 1. The highest BCUT2D eigenvalue weighted by molar-refractivity contribution is 8.04. The van der Waals surface area contributed by atoms with Crippen LogP contribution in [0.2, 0.25) is 5.02 Å². The van der Waals surface area contributed by atoms with Crippen LogP contribution in [-0.4, -0.2) is 11.8 Å². The Labute approximate surface area is 223 Å². The van der Waals surface area contributed by atoms with Crippen LogP contribution in [0.1, 0.15) is 27.0 Å². The van der Waals surface area contributed by atoms with Crippen LogP contribution in [0.4, 0.5) is 10.1 Å². The van der Waals surface area contributed by atoms with Crippen molar-refractivity contribution in [1.29, 1.82) is 0 Å². The number of carbonyl (C=O) groups excluding carboxylic acids is 2. The lowest BCUT2D eigenvalue weighted by Crippen LogP contribution is -2.34. The van der Waals surface area contributed by atoms with E-state index in [1.54, 1.807) is 35.2 Å². The van der Waals surface area contributed by atoms with E-state index in [2.05, 4.69) is 5.32 Å². The van der Waals surface area contributed by atoms with Crippen molar-refractivity contribution in [2.45, 2.75) is 18.0 Å². The maximum atomic E-state index is 13.6. The van der Waals surface area contributed by atoms with E-state index in [4.69, 9.17) is 11.6 Å². The first-order valence-electron chi connectivity index (χ1n) is 11.6. The number of benzene rings is 4. The van der Waals surface area contributed by atoms with Gasteiger partial charge in [-0.15, -0.1) is 0 Å². The number of hydrogen-bond acceptors (Lipinski definition) is 3. The fourth-order valence-corrected chi connectivity index (χ4v) is 5.24. The Morgan fingerprint density at radius 1 is 0.946 bits per heavy atom. The summed E-state index contributed by atoms with van der Waals surface area (Å²) in [5.74, 6) is -0.793. The summed E-state index contributed by atoms with van der Waals surface area (Å²) in [7, 11) is 0. The Balaban J connectivity index is 1.46. The van der Waals surface area contributed by atoms with Gasteiger partial charge in [0.1, 0.15) is 5.82 Å². The molecule has 1 aliphatic heterocycles. The maximum Gasteiger partial charge on any atom is 0.265 e. The van der Waals surface area contributed by atoms with Crippen molar-refractivity contribution in [3.05, 3.63) is 135 Å². The highest BCUT2D eigenvalue weighted by atomic mass is 35.5. The zero-order valence-electron chi connectivity index (χ0n) is 19.7. The molecule has 0 saturated heterocycles. The summed E-state index contributed by atoms with van der Waals surface area (Å²) in [5.41, 5.74) is 3.57. The van der Waals surface area contributed by atoms with Crippen LogP contribution in [-0.2, 0) is 17.9 Å². The molecule has 7 heteroatoms. The molecular weight excluding hydrogens is 507 g/mol. The minimum absolute atomic E-state index is 0.181. The van der Waals surface area contributed by atoms with Crippen LogP contribution in [0, 0.1) is 5.82 Å². The van der Waals surface area contributed by atoms with Crippen LogP contribution in [0.5, 0.6) is 0 Å². The van der Waals surface area contributed by atoms with Crippen molar-refractivity contribution in [2.75, 3.05) is 4.90 Å². The summed E-state index contributed by atoms with van der Waals surface area (Å²) in [5, 5.41) is 3.48. The smallest absolute Gasteiger partial charge is 0.265 e. The lowest BCUT2D eigenvalue weighted by atomic mass is 10.1. The zero-order valence-corrected chi connectivity index (χ0v) is 21.2. The molecule has 0 bridgehead atoms. The van der Waals surface area contributed by atoms with E-state index < -0.39 is 0 Å². The quantitative estimate of drug-likeness (QED) is 0.272. The molecule has 0 atom stereocenters. The average Bonchev–Trinajstić information content (AvgIpc) is 2.92. The maximum absolute atomic E-state index is 13.6. The lowest BCUT2D eigenvalue weighted by Gasteiger charge is -2.31. The van der Waals surface area contributed by atoms with Crippen molar-refractivity contribution < 1.29 is 14.0 Å². The van der Waals surface area contributed by atoms with E-state index in [9.17, 15) is 14.0 Å². The van der Waals surface area contributed by atoms with Crippen molar-refractivity contribution >= 4 is 46.9 Å². The second-order valence-corrected chi connectivity index (χ2v) is 9.99. The Hall–Kier alpha value is -3.87. The highest BCUT2D eigenvalue weighted by Crippen LogP contribution is 2.43. The number of nitrogens with one attached hydrogen (secondary N) is 1. The fraction of sp³-hybridized carbons (Fsp3) is 0.0667. The van der Waals surface area contributed by atoms with Crippen molar-refractivity contribution in [2.24, 2.45) is 0 Å². The van der Waals surface area contributed by atoms with Crippen LogP contribution in [0.25, 0.3) is 6.08 Å². The number of halogens is 2. The third-order valence-electron chi connectivity index (χ3n) is 5.94. The van der Waals surface area contributed by atoms with Crippen molar-refractivity contribution in [3.8, 4) is 0 Å². The molecular formula is C30H22ClFN2O2S. The van der Waals surface area contributed by atoms with E-state index in [1.165, 1.54) is 23.9 Å². The van der Waals surface area contributed by atoms with Crippen LogP contribution in [0.3, 0.4) is 0 Å². The molecule has 0 radical (unpaired) electrons. The predicted octanol–water partition coefficient (Wildman–Crippen LogP) is 7.09. The third kappa shape index (κ3) is 5.77. The van der Waals surface area contributed by atoms with Gasteiger partial charge in [-0.3, -0.25) is 9.59 Å². The van der Waals surface area contributed by atoms with E-state index in [-0.39, 0.29) is 30.7 Å². The molecule has 0 unspecified atom stereocenters. The molecule has 0 spiro atoms. The number of amides is 2. The molecule has 0 saturated carbocycles. The second-order valence-electron chi connectivity index (χ2n) is 8.50. The number of anilines is 1. The molecule has 37 heavy (non-hydrogen) atoms. The third-order valence-corrected chi connectivity index (χ3v) is 7.38. The van der Waals surface area contributed by atoms with Gasteiger partial charge in [0.2, 0.25) is 0 Å². The first kappa shape index (κ1) is 24.8. The van der Waals surface area contributed by atoms with Gasteiger partial charge in [0.15, 0.2) is 0 Å². The Kier molecular flexibility index (Phi) is 7.40. The number of hydrogen-bond donors (Lipinski definition) is 1. The minimum atomic E-state index is -0.341. The summed E-state index contributed by atoms with van der Waals surface area (Å²) in [6.45, 7) is 0.524. The van der Waals surface area contributed by atoms with Crippen molar-refractivity contribution in [1.82, 2.24) is 5.32 Å². The standard InChI is InChI=1S/C30H22ClFN2O2S/c31-25-9-5-4-8-23(25)18-33-29(35)22-12-15-27-26(17-22)34(19-21-10-13-24(32)14-11-21)30(36)28(37-27)16-20-6-2-1-3-7-20/h1-17H,18-19H2,(H,33,35)/b28-16-. The van der Waals surface area contributed by atoms with Crippen LogP contribution in [0.15, 0.2) is 107 Å². The van der Waals surface area contributed by atoms with Gasteiger partial charge in [0.05, 0.1) is 17.1 Å². The zero-order chi connectivity index (χ0) is 25.8. The molecule has 0 aromatic heterocycles. The number of carbonyl (C=O) groups is 2. The van der Waals surface area contributed by atoms with Gasteiger partial charge >= 0.3 is 0 Å². The van der Waals surface area contributed by atoms with Gasteiger partial charge < -0.3 is 10.2 Å². The summed E-state index contributed by atoms with van der Waals surface area (Å²) < 4.78 is 13.5. The summed E-state index contributed by atoms with van der Waals surface area (Å²) in [6.07, 6.45) is 1.86. The molecule has 0 aliphatic carbocycles. The summed E-state index contributed by atoms with van der Waals surface area (Å²) in [4.78, 5) is 29.7. The second kappa shape index (κ2) is 11.0.